The number of carboxylic acid groups (broad SMARTS) is 1. The van der Waals surface area contributed by atoms with Crippen LogP contribution in [0.5, 0.6) is 0 Å². The fraction of sp³-hybridized carbons (Fsp3) is 0.481. The second-order valence-corrected chi connectivity index (χ2v) is 10.1. The number of fused-ring (bicyclic) bond motifs is 2. The molecule has 0 amide bonds. The van der Waals surface area contributed by atoms with Crippen LogP contribution in [-0.4, -0.2) is 76.9 Å². The van der Waals surface area contributed by atoms with E-state index in [0.717, 1.165) is 79.0 Å². The molecular weight excluding hydrogens is 488 g/mol. The lowest BCUT2D eigenvalue weighted by Crippen LogP contribution is -2.37. The molecule has 198 valence electrons. The molecule has 10 heteroatoms. The van der Waals surface area contributed by atoms with Crippen LogP contribution in [0.4, 0.5) is 11.6 Å². The zero-order valence-corrected chi connectivity index (χ0v) is 22.2. The first-order valence-corrected chi connectivity index (χ1v) is 13.7. The SMILES string of the molecule is C=Cc1cc2c(nc1CCCCN(CCOC)CC[C@H](Nc1ncnc3sccc13)C(=O)O)NCCC2. The number of anilines is 2. The molecule has 0 spiro atoms. The second kappa shape index (κ2) is 13.5. The van der Waals surface area contributed by atoms with Gasteiger partial charge < -0.3 is 25.4 Å². The standard InChI is InChI=1S/C27H36N6O3S/c1-3-19-17-20-7-6-11-28-24(20)31-22(19)8-4-5-12-33(14-15-36-2)13-9-23(27(34)35)32-25-21-10-16-37-26(21)30-18-29-25/h3,10,16-18,23H,1,4-9,11-15H2,2H3,(H,28,31)(H,34,35)(H,29,30,32)/t23-/m0/s1. The Bertz CT molecular complexity index is 1200. The Morgan fingerprint density at radius 3 is 3.05 bits per heavy atom. The van der Waals surface area contributed by atoms with Crippen molar-refractivity contribution in [3.05, 3.63) is 47.2 Å². The minimum Gasteiger partial charge on any atom is -0.480 e. The van der Waals surface area contributed by atoms with E-state index in [-0.39, 0.29) is 0 Å². The van der Waals surface area contributed by atoms with Crippen LogP contribution in [0.15, 0.2) is 30.4 Å². The van der Waals surface area contributed by atoms with Gasteiger partial charge in [-0.05, 0) is 73.7 Å². The molecule has 1 aliphatic rings. The van der Waals surface area contributed by atoms with Crippen LogP contribution in [0.1, 0.15) is 42.5 Å². The number of nitrogens with zero attached hydrogens (tertiary/aromatic N) is 4. The molecule has 4 rings (SSSR count). The topological polar surface area (TPSA) is 113 Å². The van der Waals surface area contributed by atoms with Gasteiger partial charge in [0.15, 0.2) is 0 Å². The normalized spacial score (nSPS) is 13.8. The smallest absolute Gasteiger partial charge is 0.326 e. The van der Waals surface area contributed by atoms with Gasteiger partial charge in [0.2, 0.25) is 0 Å². The number of rotatable bonds is 15. The van der Waals surface area contributed by atoms with Crippen molar-refractivity contribution in [1.82, 2.24) is 19.9 Å². The predicted molar refractivity (Wildman–Crippen MR) is 149 cm³/mol. The number of unbranched alkanes of at least 4 members (excludes halogenated alkanes) is 1. The van der Waals surface area contributed by atoms with Gasteiger partial charge in [-0.15, -0.1) is 11.3 Å². The second-order valence-electron chi connectivity index (χ2n) is 9.24. The Hall–Kier alpha value is -3.08. The van der Waals surface area contributed by atoms with E-state index < -0.39 is 12.0 Å². The molecular formula is C27H36N6O3S. The quantitative estimate of drug-likeness (QED) is 0.250. The minimum absolute atomic E-state index is 0.452. The molecule has 1 aliphatic heterocycles. The fourth-order valence-electron chi connectivity index (χ4n) is 4.64. The maximum atomic E-state index is 12.0. The van der Waals surface area contributed by atoms with Gasteiger partial charge in [-0.3, -0.25) is 0 Å². The molecule has 0 radical (unpaired) electrons. The summed E-state index contributed by atoms with van der Waals surface area (Å²) in [6, 6.07) is 3.39. The molecule has 0 aliphatic carbocycles. The third-order valence-electron chi connectivity index (χ3n) is 6.70. The van der Waals surface area contributed by atoms with Gasteiger partial charge in [0.1, 0.15) is 28.8 Å². The van der Waals surface area contributed by atoms with Gasteiger partial charge in [0.25, 0.3) is 0 Å². The highest BCUT2D eigenvalue weighted by Crippen LogP contribution is 2.25. The van der Waals surface area contributed by atoms with Crippen LogP contribution >= 0.6 is 11.3 Å². The van der Waals surface area contributed by atoms with Gasteiger partial charge >= 0.3 is 5.97 Å². The molecule has 3 N–H and O–H groups in total. The summed E-state index contributed by atoms with van der Waals surface area (Å²) >= 11 is 1.51. The number of aliphatic carboxylic acids is 1. The number of carbonyl (C=O) groups is 1. The molecule has 0 fully saturated rings. The average Bonchev–Trinajstić information content (AvgIpc) is 3.40. The summed E-state index contributed by atoms with van der Waals surface area (Å²) < 4.78 is 5.30. The largest absolute Gasteiger partial charge is 0.480 e. The number of carboxylic acids is 1. The Balaban J connectivity index is 1.31. The molecule has 0 saturated carbocycles. The number of hydrogen-bond donors (Lipinski definition) is 3. The van der Waals surface area contributed by atoms with E-state index in [9.17, 15) is 9.90 Å². The number of methoxy groups -OCH3 is 1. The highest BCUT2D eigenvalue weighted by molar-refractivity contribution is 7.16. The fourth-order valence-corrected chi connectivity index (χ4v) is 5.37. The van der Waals surface area contributed by atoms with Crippen LogP contribution in [0.2, 0.25) is 0 Å². The summed E-state index contributed by atoms with van der Waals surface area (Å²) in [5.74, 6) is 0.689. The van der Waals surface area contributed by atoms with Gasteiger partial charge in [0.05, 0.1) is 17.7 Å². The van der Waals surface area contributed by atoms with Gasteiger partial charge in [-0.1, -0.05) is 12.7 Å². The van der Waals surface area contributed by atoms with Crippen molar-refractivity contribution in [1.29, 1.82) is 0 Å². The monoisotopic (exact) mass is 524 g/mol. The lowest BCUT2D eigenvalue weighted by Gasteiger charge is -2.24. The average molecular weight is 525 g/mol. The molecule has 37 heavy (non-hydrogen) atoms. The Morgan fingerprint density at radius 2 is 2.24 bits per heavy atom. The van der Waals surface area contributed by atoms with E-state index in [0.29, 0.717) is 25.4 Å². The van der Waals surface area contributed by atoms with E-state index >= 15 is 0 Å². The first-order chi connectivity index (χ1) is 18.1. The van der Waals surface area contributed by atoms with Crippen LogP contribution < -0.4 is 10.6 Å². The highest BCUT2D eigenvalue weighted by atomic mass is 32.1. The summed E-state index contributed by atoms with van der Waals surface area (Å²) in [6.45, 7) is 7.83. The van der Waals surface area contributed by atoms with Crippen molar-refractivity contribution in [2.24, 2.45) is 0 Å². The summed E-state index contributed by atoms with van der Waals surface area (Å²) in [5, 5.41) is 19.2. The molecule has 4 heterocycles. The summed E-state index contributed by atoms with van der Waals surface area (Å²) in [7, 11) is 1.69. The number of nitrogens with one attached hydrogen (secondary N) is 2. The Labute approximate surface area is 222 Å². The van der Waals surface area contributed by atoms with Crippen molar-refractivity contribution < 1.29 is 14.6 Å². The number of hydrogen-bond acceptors (Lipinski definition) is 9. The van der Waals surface area contributed by atoms with Crippen LogP contribution in [0.3, 0.4) is 0 Å². The minimum atomic E-state index is -0.891. The lowest BCUT2D eigenvalue weighted by molar-refractivity contribution is -0.138. The number of pyridine rings is 1. The molecule has 0 aromatic carbocycles. The molecule has 1 atom stereocenters. The van der Waals surface area contributed by atoms with Crippen LogP contribution in [-0.2, 0) is 22.4 Å². The van der Waals surface area contributed by atoms with Gasteiger partial charge in [-0.25, -0.2) is 19.7 Å². The van der Waals surface area contributed by atoms with Gasteiger partial charge in [0, 0.05) is 26.7 Å². The molecule has 3 aromatic heterocycles. The Morgan fingerprint density at radius 1 is 1.35 bits per heavy atom. The van der Waals surface area contributed by atoms with Crippen molar-refractivity contribution in [2.45, 2.75) is 44.6 Å². The lowest BCUT2D eigenvalue weighted by atomic mass is 10.0. The van der Waals surface area contributed by atoms with E-state index in [1.807, 2.05) is 17.5 Å². The number of aromatic nitrogens is 3. The molecule has 0 bridgehead atoms. The maximum absolute atomic E-state index is 12.0. The molecule has 0 saturated heterocycles. The maximum Gasteiger partial charge on any atom is 0.326 e. The molecule has 3 aromatic rings. The van der Waals surface area contributed by atoms with Crippen molar-refractivity contribution in [2.75, 3.05) is 50.5 Å². The van der Waals surface area contributed by atoms with Crippen molar-refractivity contribution >= 4 is 45.2 Å². The first-order valence-electron chi connectivity index (χ1n) is 12.9. The number of aryl methyl sites for hydroxylation is 2. The highest BCUT2D eigenvalue weighted by Gasteiger charge is 2.21. The summed E-state index contributed by atoms with van der Waals surface area (Å²) in [4.78, 5) is 28.5. The number of ether oxygens (including phenoxy) is 1. The third-order valence-corrected chi connectivity index (χ3v) is 7.52. The van der Waals surface area contributed by atoms with Crippen molar-refractivity contribution in [3.63, 3.8) is 0 Å². The predicted octanol–water partition coefficient (Wildman–Crippen LogP) is 4.31. The van der Waals surface area contributed by atoms with E-state index in [4.69, 9.17) is 9.72 Å². The number of thiophene rings is 1. The Kier molecular flexibility index (Phi) is 9.81. The zero-order valence-electron chi connectivity index (χ0n) is 21.4. The molecule has 9 nitrogen and oxygen atoms in total. The van der Waals surface area contributed by atoms with Gasteiger partial charge in [-0.2, -0.15) is 0 Å². The molecule has 0 unspecified atom stereocenters. The third kappa shape index (κ3) is 7.24. The van der Waals surface area contributed by atoms with E-state index in [1.165, 1.54) is 23.2 Å². The van der Waals surface area contributed by atoms with E-state index in [2.05, 4.69) is 38.1 Å². The van der Waals surface area contributed by atoms with E-state index in [1.54, 1.807) is 7.11 Å². The van der Waals surface area contributed by atoms with Crippen molar-refractivity contribution in [3.8, 4) is 0 Å². The van der Waals surface area contributed by atoms with Crippen LogP contribution in [0.25, 0.3) is 16.3 Å². The summed E-state index contributed by atoms with van der Waals surface area (Å²) in [5.41, 5.74) is 3.49. The first kappa shape index (κ1) is 27.0. The summed E-state index contributed by atoms with van der Waals surface area (Å²) in [6.07, 6.45) is 8.89. The van der Waals surface area contributed by atoms with Crippen LogP contribution in [0, 0.1) is 0 Å². The zero-order chi connectivity index (χ0) is 26.0.